The molecular weight excluding hydrogens is 326 g/mol. The summed E-state index contributed by atoms with van der Waals surface area (Å²) < 4.78 is 0. The molecule has 1 unspecified atom stereocenters. The molecule has 0 spiro atoms. The van der Waals surface area contributed by atoms with Crippen molar-refractivity contribution in [1.82, 2.24) is 10.2 Å². The molecule has 1 heterocycles. The summed E-state index contributed by atoms with van der Waals surface area (Å²) in [6, 6.07) is 7.84. The molecule has 0 aromatic heterocycles. The Morgan fingerprint density at radius 3 is 2.50 bits per heavy atom. The minimum atomic E-state index is -0.575. The van der Waals surface area contributed by atoms with Gasteiger partial charge in [-0.2, -0.15) is 0 Å². The van der Waals surface area contributed by atoms with Crippen LogP contribution in [-0.2, 0) is 9.59 Å². The Labute approximate surface area is 150 Å². The first-order valence-electron chi connectivity index (χ1n) is 8.29. The SMILES string of the molecule is Cc1ccc(C2CCCN2C(=O)CNC(=O)[C@@H](N)C(C)C)cc1.Cl. The number of hydrogen-bond donors (Lipinski definition) is 2. The molecule has 2 atom stereocenters. The average Bonchev–Trinajstić information content (AvgIpc) is 3.01. The van der Waals surface area contributed by atoms with Crippen molar-refractivity contribution >= 4 is 24.2 Å². The molecule has 0 aliphatic carbocycles. The number of carbonyl (C=O) groups excluding carboxylic acids is 2. The van der Waals surface area contributed by atoms with Crippen LogP contribution < -0.4 is 11.1 Å². The van der Waals surface area contributed by atoms with Crippen LogP contribution in [0.25, 0.3) is 0 Å². The zero-order chi connectivity index (χ0) is 17.0. The first kappa shape index (κ1) is 20.5. The van der Waals surface area contributed by atoms with Crippen LogP contribution in [0.2, 0.25) is 0 Å². The highest BCUT2D eigenvalue weighted by atomic mass is 35.5. The third-order valence-corrected chi connectivity index (χ3v) is 4.47. The first-order chi connectivity index (χ1) is 10.9. The van der Waals surface area contributed by atoms with Gasteiger partial charge in [-0.25, -0.2) is 0 Å². The lowest BCUT2D eigenvalue weighted by molar-refractivity contribution is -0.134. The minimum Gasteiger partial charge on any atom is -0.346 e. The van der Waals surface area contributed by atoms with Gasteiger partial charge >= 0.3 is 0 Å². The number of benzene rings is 1. The fourth-order valence-corrected chi connectivity index (χ4v) is 2.89. The molecule has 1 fully saturated rings. The van der Waals surface area contributed by atoms with Crippen molar-refractivity contribution in [3.63, 3.8) is 0 Å². The van der Waals surface area contributed by atoms with E-state index < -0.39 is 6.04 Å². The molecule has 2 amide bonds. The topological polar surface area (TPSA) is 75.4 Å². The van der Waals surface area contributed by atoms with Gasteiger partial charge in [-0.15, -0.1) is 12.4 Å². The molecule has 134 valence electrons. The fraction of sp³-hybridized carbons (Fsp3) is 0.556. The van der Waals surface area contributed by atoms with Gasteiger partial charge in [0.25, 0.3) is 0 Å². The van der Waals surface area contributed by atoms with Crippen molar-refractivity contribution in [2.45, 2.75) is 45.7 Å². The van der Waals surface area contributed by atoms with Gasteiger partial charge in [-0.05, 0) is 31.2 Å². The van der Waals surface area contributed by atoms with E-state index in [1.165, 1.54) is 5.56 Å². The quantitative estimate of drug-likeness (QED) is 0.851. The van der Waals surface area contributed by atoms with Gasteiger partial charge in [0.15, 0.2) is 0 Å². The van der Waals surface area contributed by atoms with E-state index in [1.807, 2.05) is 18.7 Å². The van der Waals surface area contributed by atoms with Crippen LogP contribution in [0, 0.1) is 12.8 Å². The van der Waals surface area contributed by atoms with Crippen molar-refractivity contribution in [1.29, 1.82) is 0 Å². The molecule has 2 rings (SSSR count). The number of halogens is 1. The van der Waals surface area contributed by atoms with Gasteiger partial charge in [0.2, 0.25) is 11.8 Å². The predicted octanol–water partition coefficient (Wildman–Crippen LogP) is 2.18. The fourth-order valence-electron chi connectivity index (χ4n) is 2.89. The first-order valence-corrected chi connectivity index (χ1v) is 8.29. The van der Waals surface area contributed by atoms with Gasteiger partial charge in [0, 0.05) is 6.54 Å². The largest absolute Gasteiger partial charge is 0.346 e. The number of rotatable bonds is 5. The third kappa shape index (κ3) is 4.95. The Bertz CT molecular complexity index is 560. The Hall–Kier alpha value is -1.59. The summed E-state index contributed by atoms with van der Waals surface area (Å²) in [7, 11) is 0. The van der Waals surface area contributed by atoms with Crippen LogP contribution in [0.5, 0.6) is 0 Å². The van der Waals surface area contributed by atoms with Crippen molar-refractivity contribution < 1.29 is 9.59 Å². The minimum absolute atomic E-state index is 0. The molecular formula is C18H28ClN3O2. The number of likely N-dealkylation sites (tertiary alicyclic amines) is 1. The van der Waals surface area contributed by atoms with Gasteiger partial charge in [0.05, 0.1) is 18.6 Å². The molecule has 1 aliphatic heterocycles. The molecule has 1 saturated heterocycles. The number of hydrogen-bond acceptors (Lipinski definition) is 3. The highest BCUT2D eigenvalue weighted by Crippen LogP contribution is 2.31. The molecule has 5 nitrogen and oxygen atoms in total. The molecule has 6 heteroatoms. The second-order valence-corrected chi connectivity index (χ2v) is 6.64. The Kier molecular flexibility index (Phi) is 7.70. The molecule has 1 aromatic carbocycles. The van der Waals surface area contributed by atoms with E-state index in [0.717, 1.165) is 24.9 Å². The number of nitrogens with zero attached hydrogens (tertiary/aromatic N) is 1. The molecule has 1 aliphatic rings. The second kappa shape index (κ2) is 9.04. The van der Waals surface area contributed by atoms with Crippen molar-refractivity contribution in [3.05, 3.63) is 35.4 Å². The number of carbonyl (C=O) groups is 2. The van der Waals surface area contributed by atoms with Crippen LogP contribution in [0.15, 0.2) is 24.3 Å². The summed E-state index contributed by atoms with van der Waals surface area (Å²) in [4.78, 5) is 26.2. The normalized spacial score (nSPS) is 18.2. The lowest BCUT2D eigenvalue weighted by Crippen LogP contribution is -2.47. The standard InChI is InChI=1S/C18H27N3O2.ClH/c1-12(2)17(19)18(23)20-11-16(22)21-10-4-5-15(21)14-8-6-13(3)7-9-14;/h6-9,12,15,17H,4-5,10-11,19H2,1-3H3,(H,20,23);1H/t15?,17-;/m0./s1. The van der Waals surface area contributed by atoms with E-state index in [1.54, 1.807) is 0 Å². The van der Waals surface area contributed by atoms with Crippen LogP contribution in [0.1, 0.15) is 43.9 Å². The zero-order valence-corrected chi connectivity index (χ0v) is 15.4. The number of nitrogens with two attached hydrogens (primary N) is 1. The lowest BCUT2D eigenvalue weighted by Gasteiger charge is -2.26. The molecule has 24 heavy (non-hydrogen) atoms. The van der Waals surface area contributed by atoms with E-state index in [9.17, 15) is 9.59 Å². The summed E-state index contributed by atoms with van der Waals surface area (Å²) in [5, 5.41) is 2.67. The maximum absolute atomic E-state index is 12.5. The highest BCUT2D eigenvalue weighted by Gasteiger charge is 2.30. The maximum Gasteiger partial charge on any atom is 0.242 e. The van der Waals surface area contributed by atoms with Crippen LogP contribution in [0.4, 0.5) is 0 Å². The molecule has 1 aromatic rings. The maximum atomic E-state index is 12.5. The van der Waals surface area contributed by atoms with Crippen molar-refractivity contribution in [2.24, 2.45) is 11.7 Å². The van der Waals surface area contributed by atoms with E-state index in [4.69, 9.17) is 5.73 Å². The van der Waals surface area contributed by atoms with E-state index in [0.29, 0.717) is 0 Å². The monoisotopic (exact) mass is 353 g/mol. The number of amides is 2. The lowest BCUT2D eigenvalue weighted by atomic mass is 10.0. The highest BCUT2D eigenvalue weighted by molar-refractivity contribution is 5.87. The third-order valence-electron chi connectivity index (χ3n) is 4.47. The van der Waals surface area contributed by atoms with E-state index in [2.05, 4.69) is 36.5 Å². The Morgan fingerprint density at radius 2 is 1.92 bits per heavy atom. The smallest absolute Gasteiger partial charge is 0.242 e. The van der Waals surface area contributed by atoms with Crippen molar-refractivity contribution in [3.8, 4) is 0 Å². The van der Waals surface area contributed by atoms with Crippen molar-refractivity contribution in [2.75, 3.05) is 13.1 Å². The number of nitrogens with one attached hydrogen (secondary N) is 1. The van der Waals surface area contributed by atoms with E-state index >= 15 is 0 Å². The van der Waals surface area contributed by atoms with Gasteiger partial charge < -0.3 is 16.0 Å². The van der Waals surface area contributed by atoms with E-state index in [-0.39, 0.29) is 42.7 Å². The predicted molar refractivity (Wildman–Crippen MR) is 97.9 cm³/mol. The summed E-state index contributed by atoms with van der Waals surface area (Å²) in [6.07, 6.45) is 1.96. The van der Waals surface area contributed by atoms with Gasteiger partial charge in [-0.1, -0.05) is 43.7 Å². The summed E-state index contributed by atoms with van der Waals surface area (Å²) in [6.45, 7) is 6.58. The number of aryl methyl sites for hydroxylation is 1. The summed E-state index contributed by atoms with van der Waals surface area (Å²) in [5.74, 6) is -0.256. The molecule has 3 N–H and O–H groups in total. The average molecular weight is 354 g/mol. The van der Waals surface area contributed by atoms with Gasteiger partial charge in [0.1, 0.15) is 0 Å². The van der Waals surface area contributed by atoms with Crippen LogP contribution >= 0.6 is 12.4 Å². The summed E-state index contributed by atoms with van der Waals surface area (Å²) in [5.41, 5.74) is 8.16. The van der Waals surface area contributed by atoms with Gasteiger partial charge in [-0.3, -0.25) is 9.59 Å². The Morgan fingerprint density at radius 1 is 1.29 bits per heavy atom. The molecule has 0 bridgehead atoms. The molecule has 0 saturated carbocycles. The van der Waals surface area contributed by atoms with Crippen LogP contribution in [-0.4, -0.2) is 35.8 Å². The zero-order valence-electron chi connectivity index (χ0n) is 14.6. The van der Waals surface area contributed by atoms with Crippen LogP contribution in [0.3, 0.4) is 0 Å². The second-order valence-electron chi connectivity index (χ2n) is 6.64. The summed E-state index contributed by atoms with van der Waals surface area (Å²) >= 11 is 0. The molecule has 0 radical (unpaired) electrons. The Balaban J connectivity index is 0.00000288.